The fraction of sp³-hybridized carbons (Fsp3) is 0.931. The van der Waals surface area contributed by atoms with Crippen LogP contribution in [0.25, 0.3) is 0 Å². The molecule has 0 aromatic rings. The van der Waals surface area contributed by atoms with Gasteiger partial charge in [-0.15, -0.1) is 0 Å². The molecule has 2 saturated heterocycles. The average Bonchev–Trinajstić information content (AvgIpc) is 2.82. The summed E-state index contributed by atoms with van der Waals surface area (Å²) in [6.07, 6.45) is 12.2. The third kappa shape index (κ3) is 6.23. The molecule has 4 rings (SSSR count). The van der Waals surface area contributed by atoms with Crippen molar-refractivity contribution >= 4 is 11.8 Å². The Labute approximate surface area is 214 Å². The summed E-state index contributed by atoms with van der Waals surface area (Å²) in [5.74, 6) is 1.13. The van der Waals surface area contributed by atoms with Gasteiger partial charge in [0.25, 0.3) is 0 Å². The van der Waals surface area contributed by atoms with E-state index in [4.69, 9.17) is 0 Å². The van der Waals surface area contributed by atoms with Crippen molar-refractivity contribution in [3.05, 3.63) is 0 Å². The first-order chi connectivity index (χ1) is 16.6. The summed E-state index contributed by atoms with van der Waals surface area (Å²) in [7, 11) is 0. The highest BCUT2D eigenvalue weighted by Crippen LogP contribution is 2.41. The molecule has 2 aliphatic heterocycles. The van der Waals surface area contributed by atoms with Crippen molar-refractivity contribution in [2.75, 3.05) is 19.6 Å². The quantitative estimate of drug-likeness (QED) is 0.523. The minimum absolute atomic E-state index is 0.0623. The summed E-state index contributed by atoms with van der Waals surface area (Å²) in [6, 6.07) is -0.138. The van der Waals surface area contributed by atoms with Gasteiger partial charge in [0.15, 0.2) is 0 Å². The van der Waals surface area contributed by atoms with E-state index in [1.54, 1.807) is 0 Å². The van der Waals surface area contributed by atoms with Gasteiger partial charge in [-0.05, 0) is 69.2 Å². The molecule has 200 valence electrons. The summed E-state index contributed by atoms with van der Waals surface area (Å²) >= 11 is 0. The maximum atomic E-state index is 14.3. The van der Waals surface area contributed by atoms with Crippen LogP contribution in [0.15, 0.2) is 0 Å². The first kappa shape index (κ1) is 26.9. The number of hydrogen-bond donors (Lipinski definition) is 3. The maximum absolute atomic E-state index is 14.3. The minimum atomic E-state index is -0.369. The summed E-state index contributed by atoms with van der Waals surface area (Å²) in [4.78, 5) is 30.4. The molecule has 2 amide bonds. The second kappa shape index (κ2) is 11.1. The highest BCUT2D eigenvalue weighted by Gasteiger charge is 2.50. The second-order valence-corrected chi connectivity index (χ2v) is 13.8. The number of carbonyl (C=O) groups excluding carboxylic acids is 2. The van der Waals surface area contributed by atoms with Crippen molar-refractivity contribution in [3.8, 4) is 0 Å². The molecule has 1 unspecified atom stereocenters. The van der Waals surface area contributed by atoms with Crippen molar-refractivity contribution in [2.24, 2.45) is 22.7 Å². The number of amides is 2. The molecule has 6 heteroatoms. The summed E-state index contributed by atoms with van der Waals surface area (Å²) in [5.41, 5.74) is 0.232. The Morgan fingerprint density at radius 3 is 2.14 bits per heavy atom. The zero-order chi connectivity index (χ0) is 25.2. The van der Waals surface area contributed by atoms with Crippen molar-refractivity contribution in [1.29, 1.82) is 0 Å². The van der Waals surface area contributed by atoms with Gasteiger partial charge in [-0.1, -0.05) is 53.9 Å². The van der Waals surface area contributed by atoms with Gasteiger partial charge in [-0.2, -0.15) is 0 Å². The van der Waals surface area contributed by atoms with E-state index in [2.05, 4.69) is 55.5 Å². The van der Waals surface area contributed by atoms with Gasteiger partial charge >= 0.3 is 0 Å². The van der Waals surface area contributed by atoms with Gasteiger partial charge in [0, 0.05) is 36.5 Å². The van der Waals surface area contributed by atoms with Crippen LogP contribution in [0, 0.1) is 22.7 Å². The van der Waals surface area contributed by atoms with Gasteiger partial charge in [0.05, 0.1) is 6.04 Å². The van der Waals surface area contributed by atoms with Gasteiger partial charge in [-0.3, -0.25) is 9.59 Å². The summed E-state index contributed by atoms with van der Waals surface area (Å²) in [6.45, 7) is 14.1. The molecule has 0 bridgehead atoms. The van der Waals surface area contributed by atoms with Crippen molar-refractivity contribution < 1.29 is 9.59 Å². The molecule has 4 fully saturated rings. The lowest BCUT2D eigenvalue weighted by Crippen LogP contribution is -2.70. The number of hydrogen-bond acceptors (Lipinski definition) is 4. The van der Waals surface area contributed by atoms with Crippen LogP contribution in [-0.2, 0) is 9.59 Å². The molecule has 2 heterocycles. The lowest BCUT2D eigenvalue weighted by molar-refractivity contribution is -0.154. The first-order valence-corrected chi connectivity index (χ1v) is 14.6. The molecule has 2 saturated carbocycles. The molecule has 0 spiro atoms. The van der Waals surface area contributed by atoms with E-state index in [0.717, 1.165) is 71.0 Å². The SMILES string of the molecule is CC(C)(C)C1CCC(N(C(=O)[C@H]2NCC2(C)C)[C@H](C(=O)NC2CCCCC2)C2CCCNC2)CC1. The largest absolute Gasteiger partial charge is 0.352 e. The van der Waals surface area contributed by atoms with Crippen molar-refractivity contribution in [1.82, 2.24) is 20.9 Å². The van der Waals surface area contributed by atoms with E-state index < -0.39 is 0 Å². The molecule has 6 nitrogen and oxygen atoms in total. The zero-order valence-electron chi connectivity index (χ0n) is 23.1. The predicted octanol–water partition coefficient (Wildman–Crippen LogP) is 4.24. The molecule has 0 aromatic heterocycles. The van der Waals surface area contributed by atoms with E-state index in [9.17, 15) is 9.59 Å². The fourth-order valence-corrected chi connectivity index (χ4v) is 7.20. The Balaban J connectivity index is 1.61. The van der Waals surface area contributed by atoms with E-state index >= 15 is 0 Å². The molecule has 35 heavy (non-hydrogen) atoms. The molecular weight excluding hydrogens is 436 g/mol. The van der Waals surface area contributed by atoms with E-state index in [1.807, 2.05) is 0 Å². The lowest BCUT2D eigenvalue weighted by atomic mass is 9.70. The molecule has 4 aliphatic rings. The molecule has 3 atom stereocenters. The number of rotatable bonds is 6. The summed E-state index contributed by atoms with van der Waals surface area (Å²) in [5, 5.41) is 10.4. The third-order valence-electron chi connectivity index (χ3n) is 9.66. The monoisotopic (exact) mass is 488 g/mol. The Morgan fingerprint density at radius 2 is 1.63 bits per heavy atom. The third-order valence-corrected chi connectivity index (χ3v) is 9.66. The minimum Gasteiger partial charge on any atom is -0.352 e. The topological polar surface area (TPSA) is 73.5 Å². The average molecular weight is 489 g/mol. The second-order valence-electron chi connectivity index (χ2n) is 13.8. The first-order valence-electron chi connectivity index (χ1n) is 14.6. The van der Waals surface area contributed by atoms with Crippen LogP contribution in [0.5, 0.6) is 0 Å². The molecule has 2 aliphatic carbocycles. The molecule has 0 aromatic carbocycles. The van der Waals surface area contributed by atoms with E-state index in [-0.39, 0.29) is 47.3 Å². The highest BCUT2D eigenvalue weighted by atomic mass is 16.2. The molecule has 3 N–H and O–H groups in total. The number of piperidine rings is 1. The van der Waals surface area contributed by atoms with Crippen LogP contribution in [0.1, 0.15) is 105 Å². The standard InChI is InChI=1S/C29H52N4O2/c1-28(2,3)21-13-15-23(16-14-21)33(27(35)25-29(4,5)19-31-25)24(20-10-9-17-30-18-20)26(34)32-22-11-7-6-8-12-22/h20-25,30-31H,6-19H2,1-5H3,(H,32,34)/t20?,21?,23?,24-,25+/m0/s1. The van der Waals surface area contributed by atoms with Crippen LogP contribution in [0.4, 0.5) is 0 Å². The van der Waals surface area contributed by atoms with Crippen LogP contribution in [0.3, 0.4) is 0 Å². The number of nitrogens with zero attached hydrogens (tertiary/aromatic N) is 1. The van der Waals surface area contributed by atoms with Gasteiger partial charge in [-0.25, -0.2) is 0 Å². The van der Waals surface area contributed by atoms with E-state index in [1.165, 1.54) is 19.3 Å². The van der Waals surface area contributed by atoms with Crippen LogP contribution in [-0.4, -0.2) is 60.5 Å². The fourth-order valence-electron chi connectivity index (χ4n) is 7.20. The van der Waals surface area contributed by atoms with Crippen LogP contribution >= 0.6 is 0 Å². The van der Waals surface area contributed by atoms with Gasteiger partial charge in [0.2, 0.25) is 11.8 Å². The Bertz CT molecular complexity index is 725. The van der Waals surface area contributed by atoms with Crippen LogP contribution < -0.4 is 16.0 Å². The van der Waals surface area contributed by atoms with Crippen molar-refractivity contribution in [2.45, 2.75) is 129 Å². The van der Waals surface area contributed by atoms with Gasteiger partial charge < -0.3 is 20.9 Å². The normalized spacial score (nSPS) is 32.8. The Hall–Kier alpha value is -1.14. The highest BCUT2D eigenvalue weighted by molar-refractivity contribution is 5.91. The zero-order valence-corrected chi connectivity index (χ0v) is 23.1. The molecule has 0 radical (unpaired) electrons. The smallest absolute Gasteiger partial charge is 0.243 e. The van der Waals surface area contributed by atoms with Gasteiger partial charge in [0.1, 0.15) is 6.04 Å². The predicted molar refractivity (Wildman–Crippen MR) is 142 cm³/mol. The maximum Gasteiger partial charge on any atom is 0.243 e. The summed E-state index contributed by atoms with van der Waals surface area (Å²) < 4.78 is 0. The Kier molecular flexibility index (Phi) is 8.52. The number of carbonyl (C=O) groups is 2. The Morgan fingerprint density at radius 1 is 0.943 bits per heavy atom. The molecular formula is C29H52N4O2. The van der Waals surface area contributed by atoms with E-state index in [0.29, 0.717) is 11.3 Å². The van der Waals surface area contributed by atoms with Crippen molar-refractivity contribution in [3.63, 3.8) is 0 Å². The van der Waals surface area contributed by atoms with Crippen LogP contribution in [0.2, 0.25) is 0 Å². The lowest BCUT2D eigenvalue weighted by Gasteiger charge is -2.51. The number of nitrogens with one attached hydrogen (secondary N) is 3.